The number of nitrogens with zero attached hydrogens (tertiary/aromatic N) is 4. The van der Waals surface area contributed by atoms with Gasteiger partial charge in [0.2, 0.25) is 5.88 Å². The molecular formula is C23H22FN5O3. The van der Waals surface area contributed by atoms with E-state index < -0.39 is 5.82 Å². The molecule has 8 nitrogen and oxygen atoms in total. The molecule has 0 unspecified atom stereocenters. The predicted octanol–water partition coefficient (Wildman–Crippen LogP) is 3.34. The number of methoxy groups -OCH3 is 1. The Morgan fingerprint density at radius 1 is 1.22 bits per heavy atom. The van der Waals surface area contributed by atoms with Crippen LogP contribution in [-0.2, 0) is 4.74 Å². The van der Waals surface area contributed by atoms with Gasteiger partial charge in [-0.05, 0) is 56.0 Å². The van der Waals surface area contributed by atoms with E-state index in [1.807, 2.05) is 6.07 Å². The van der Waals surface area contributed by atoms with Crippen LogP contribution in [0.3, 0.4) is 0 Å². The van der Waals surface area contributed by atoms with Gasteiger partial charge in [0.05, 0.1) is 35.1 Å². The van der Waals surface area contributed by atoms with Gasteiger partial charge in [-0.2, -0.15) is 15.0 Å². The average molecular weight is 435 g/mol. The maximum atomic E-state index is 14.3. The summed E-state index contributed by atoms with van der Waals surface area (Å²) in [6.07, 6.45) is 6.55. The first-order valence-electron chi connectivity index (χ1n) is 10.3. The number of aromatic hydroxyl groups is 1. The molecule has 1 saturated carbocycles. The molecule has 1 fully saturated rings. The van der Waals surface area contributed by atoms with Crippen molar-refractivity contribution in [3.8, 4) is 28.9 Å². The molecule has 3 aromatic rings. The number of nitrogens with one attached hydrogen (secondary N) is 1. The molecule has 2 heterocycles. The largest absolute Gasteiger partial charge is 0.493 e. The highest BCUT2D eigenvalue weighted by molar-refractivity contribution is 5.94. The van der Waals surface area contributed by atoms with Crippen LogP contribution < -0.4 is 5.32 Å². The first kappa shape index (κ1) is 21.5. The number of hydrogen-bond donors (Lipinski definition) is 2. The summed E-state index contributed by atoms with van der Waals surface area (Å²) in [7, 11) is 1.71. The molecule has 1 aliphatic carbocycles. The lowest BCUT2D eigenvalue weighted by Gasteiger charge is -2.28. The zero-order valence-electron chi connectivity index (χ0n) is 17.5. The molecule has 9 heteroatoms. The lowest BCUT2D eigenvalue weighted by atomic mass is 9.93. The molecule has 1 aliphatic rings. The highest BCUT2D eigenvalue weighted by Crippen LogP contribution is 2.32. The third kappa shape index (κ3) is 4.31. The summed E-state index contributed by atoms with van der Waals surface area (Å²) >= 11 is 0. The quantitative estimate of drug-likeness (QED) is 0.636. The van der Waals surface area contributed by atoms with Gasteiger partial charge in [0.1, 0.15) is 5.82 Å². The van der Waals surface area contributed by atoms with E-state index in [0.717, 1.165) is 36.4 Å². The van der Waals surface area contributed by atoms with Crippen LogP contribution in [-0.4, -0.2) is 45.0 Å². The number of amides is 1. The van der Waals surface area contributed by atoms with E-state index in [0.29, 0.717) is 5.56 Å². The molecule has 4 rings (SSSR count). The van der Waals surface area contributed by atoms with Crippen molar-refractivity contribution in [1.82, 2.24) is 20.1 Å². The molecule has 0 radical (unpaired) electrons. The number of pyridine rings is 1. The number of ether oxygens (including phenoxy) is 1. The van der Waals surface area contributed by atoms with Gasteiger partial charge in [-0.25, -0.2) is 9.37 Å². The second kappa shape index (κ2) is 9.16. The van der Waals surface area contributed by atoms with Crippen LogP contribution in [0.15, 0.2) is 42.7 Å². The number of rotatable bonds is 5. The van der Waals surface area contributed by atoms with Crippen LogP contribution in [0.25, 0.3) is 16.9 Å². The van der Waals surface area contributed by atoms with Crippen LogP contribution in [0.4, 0.5) is 4.39 Å². The fourth-order valence-corrected chi connectivity index (χ4v) is 3.86. The average Bonchev–Trinajstić information content (AvgIpc) is 3.20. The minimum Gasteiger partial charge on any atom is -0.493 e. The Hall–Kier alpha value is -3.77. The first-order chi connectivity index (χ1) is 15.5. The number of aromatic nitrogens is 3. The standard InChI is InChI=1S/C23H22FN5O3/c1-32-17-6-4-16(5-7-17)28-22(30)15-3-9-21(26-12-15)29-23(31)19(13-27-29)18-8-2-14(11-25)10-20(18)24/h2-3,8-10,12-13,16-17,31H,4-7H2,1H3,(H,28,30)/t16-,17+. The molecular weight excluding hydrogens is 413 g/mol. The van der Waals surface area contributed by atoms with Gasteiger partial charge in [-0.15, -0.1) is 0 Å². The van der Waals surface area contributed by atoms with Gasteiger partial charge in [0.15, 0.2) is 5.82 Å². The summed E-state index contributed by atoms with van der Waals surface area (Å²) in [5.41, 5.74) is 0.863. The van der Waals surface area contributed by atoms with Crippen LogP contribution in [0.2, 0.25) is 0 Å². The van der Waals surface area contributed by atoms with E-state index in [1.165, 1.54) is 24.5 Å². The molecule has 0 saturated heterocycles. The SMILES string of the molecule is CO[C@H]1CC[C@@H](NC(=O)c2ccc(-n3ncc(-c4ccc(C#N)cc4F)c3O)nc2)CC1. The fourth-order valence-electron chi connectivity index (χ4n) is 3.86. The number of hydrogen-bond acceptors (Lipinski definition) is 6. The zero-order chi connectivity index (χ0) is 22.7. The number of benzene rings is 1. The van der Waals surface area contributed by atoms with Crippen molar-refractivity contribution in [2.24, 2.45) is 0 Å². The van der Waals surface area contributed by atoms with E-state index in [4.69, 9.17) is 10.00 Å². The van der Waals surface area contributed by atoms with Crippen molar-refractivity contribution < 1.29 is 19.0 Å². The summed E-state index contributed by atoms with van der Waals surface area (Å²) in [6, 6.07) is 9.10. The topological polar surface area (TPSA) is 113 Å². The third-order valence-corrected chi connectivity index (χ3v) is 5.70. The maximum Gasteiger partial charge on any atom is 0.253 e. The summed E-state index contributed by atoms with van der Waals surface area (Å²) in [5.74, 6) is -0.874. The monoisotopic (exact) mass is 435 g/mol. The molecule has 1 amide bonds. The van der Waals surface area contributed by atoms with E-state index in [-0.39, 0.29) is 46.4 Å². The minimum absolute atomic E-state index is 0.105. The van der Waals surface area contributed by atoms with Gasteiger partial charge >= 0.3 is 0 Å². The number of nitriles is 1. The minimum atomic E-state index is -0.640. The molecule has 1 aromatic carbocycles. The second-order valence-corrected chi connectivity index (χ2v) is 7.69. The predicted molar refractivity (Wildman–Crippen MR) is 114 cm³/mol. The molecule has 0 bridgehead atoms. The molecule has 164 valence electrons. The fraction of sp³-hybridized carbons (Fsp3) is 0.304. The number of carbonyl (C=O) groups is 1. The second-order valence-electron chi connectivity index (χ2n) is 7.69. The van der Waals surface area contributed by atoms with E-state index in [2.05, 4.69) is 15.4 Å². The Balaban J connectivity index is 1.48. The van der Waals surface area contributed by atoms with Crippen LogP contribution in [0.1, 0.15) is 41.6 Å². The summed E-state index contributed by atoms with van der Waals surface area (Å²) in [4.78, 5) is 16.8. The van der Waals surface area contributed by atoms with Crippen LogP contribution in [0.5, 0.6) is 5.88 Å². The van der Waals surface area contributed by atoms with Gasteiger partial charge in [-0.3, -0.25) is 4.79 Å². The van der Waals surface area contributed by atoms with Crippen molar-refractivity contribution >= 4 is 5.91 Å². The Labute approximate surface area is 184 Å². The van der Waals surface area contributed by atoms with Crippen molar-refractivity contribution in [2.75, 3.05) is 7.11 Å². The Kier molecular flexibility index (Phi) is 6.14. The van der Waals surface area contributed by atoms with Crippen molar-refractivity contribution in [1.29, 1.82) is 5.26 Å². The number of halogens is 1. The van der Waals surface area contributed by atoms with Crippen LogP contribution >= 0.6 is 0 Å². The summed E-state index contributed by atoms with van der Waals surface area (Å²) < 4.78 is 20.8. The lowest BCUT2D eigenvalue weighted by molar-refractivity contribution is 0.0599. The highest BCUT2D eigenvalue weighted by Gasteiger charge is 2.23. The molecule has 0 atom stereocenters. The molecule has 0 spiro atoms. The van der Waals surface area contributed by atoms with Crippen molar-refractivity contribution in [2.45, 2.75) is 37.8 Å². The van der Waals surface area contributed by atoms with Crippen molar-refractivity contribution in [3.05, 3.63) is 59.7 Å². The summed E-state index contributed by atoms with van der Waals surface area (Å²) in [6.45, 7) is 0. The first-order valence-corrected chi connectivity index (χ1v) is 10.3. The van der Waals surface area contributed by atoms with E-state index >= 15 is 0 Å². The lowest BCUT2D eigenvalue weighted by Crippen LogP contribution is -2.38. The molecule has 32 heavy (non-hydrogen) atoms. The van der Waals surface area contributed by atoms with Gasteiger partial charge in [-0.1, -0.05) is 0 Å². The maximum absolute atomic E-state index is 14.3. The summed E-state index contributed by atoms with van der Waals surface area (Å²) in [5, 5.41) is 26.6. The van der Waals surface area contributed by atoms with Gasteiger partial charge < -0.3 is 15.2 Å². The molecule has 0 aliphatic heterocycles. The highest BCUT2D eigenvalue weighted by atomic mass is 19.1. The van der Waals surface area contributed by atoms with Gasteiger partial charge in [0, 0.05) is 24.9 Å². The molecule has 2 aromatic heterocycles. The van der Waals surface area contributed by atoms with Gasteiger partial charge in [0.25, 0.3) is 5.91 Å². The number of carbonyl (C=O) groups excluding carboxylic acids is 1. The van der Waals surface area contributed by atoms with Crippen LogP contribution in [0, 0.1) is 17.1 Å². The zero-order valence-corrected chi connectivity index (χ0v) is 17.5. The Morgan fingerprint density at radius 3 is 2.62 bits per heavy atom. The third-order valence-electron chi connectivity index (χ3n) is 5.70. The Morgan fingerprint density at radius 2 is 2.00 bits per heavy atom. The van der Waals surface area contributed by atoms with E-state index in [1.54, 1.807) is 19.2 Å². The molecule has 2 N–H and O–H groups in total. The Bertz CT molecular complexity index is 1160. The van der Waals surface area contributed by atoms with E-state index in [9.17, 15) is 14.3 Å². The normalized spacial score (nSPS) is 18.2. The van der Waals surface area contributed by atoms with Crippen molar-refractivity contribution in [3.63, 3.8) is 0 Å². The smallest absolute Gasteiger partial charge is 0.253 e.